The van der Waals surface area contributed by atoms with Crippen LogP contribution in [-0.4, -0.2) is 13.1 Å². The van der Waals surface area contributed by atoms with Crippen LogP contribution in [0.5, 0.6) is 0 Å². The first-order chi connectivity index (χ1) is 8.56. The van der Waals surface area contributed by atoms with Crippen LogP contribution in [0.1, 0.15) is 17.6 Å². The molecule has 1 rings (SSSR count). The first-order valence-corrected chi connectivity index (χ1v) is 6.13. The van der Waals surface area contributed by atoms with Gasteiger partial charge in [-0.3, -0.25) is 5.84 Å². The molecule has 4 N–H and O–H groups in total. The zero-order chi connectivity index (χ0) is 13.7. The van der Waals surface area contributed by atoms with Crippen LogP contribution >= 0.6 is 15.9 Å². The third-order valence-corrected chi connectivity index (χ3v) is 2.90. The van der Waals surface area contributed by atoms with Gasteiger partial charge in [0.2, 0.25) is 0 Å². The van der Waals surface area contributed by atoms with Gasteiger partial charge in [0.05, 0.1) is 5.69 Å². The van der Waals surface area contributed by atoms with E-state index in [2.05, 4.69) is 26.8 Å². The monoisotopic (exact) mass is 322 g/mol. The number of anilines is 1. The molecule has 0 saturated heterocycles. The highest BCUT2D eigenvalue weighted by Gasteiger charge is 2.21. The molecule has 1 aromatic carbocycles. The number of hydrazine groups is 2. The summed E-state index contributed by atoms with van der Waals surface area (Å²) >= 11 is 3.14. The van der Waals surface area contributed by atoms with E-state index in [1.54, 1.807) is 0 Å². The van der Waals surface area contributed by atoms with E-state index in [0.717, 1.165) is 5.01 Å². The van der Waals surface area contributed by atoms with Gasteiger partial charge in [-0.25, -0.2) is 18.6 Å². The first-order valence-electron chi connectivity index (χ1n) is 5.00. The number of hydrogen-bond donors (Lipinski definition) is 3. The van der Waals surface area contributed by atoms with Gasteiger partial charge in [-0.2, -0.15) is 5.53 Å². The molecule has 0 aliphatic carbocycles. The maximum absolute atomic E-state index is 12.9. The smallest absolute Gasteiger partial charge is 0.337 e. The molecule has 0 unspecified atom stereocenters. The van der Waals surface area contributed by atoms with E-state index in [1.807, 2.05) is 0 Å². The van der Waals surface area contributed by atoms with Crippen LogP contribution < -0.4 is 21.7 Å². The standard InChI is InChI=1S/C10H13BrF2N4O/c1-15-10(18)17(16-14)8-4-2-3-6(9(12)13)7(8)5-11/h2-4,9,16H,5,14H2,1H3,(H,15,18). The number of amides is 2. The average Bonchev–Trinajstić information content (AvgIpc) is 2.38. The Balaban J connectivity index is 3.30. The molecular weight excluding hydrogens is 310 g/mol. The number of halogens is 3. The molecule has 8 heteroatoms. The van der Waals surface area contributed by atoms with Crippen LogP contribution in [0.2, 0.25) is 0 Å². The predicted octanol–water partition coefficient (Wildman–Crippen LogP) is 2.04. The van der Waals surface area contributed by atoms with E-state index in [4.69, 9.17) is 5.84 Å². The maximum atomic E-state index is 12.9. The molecule has 0 heterocycles. The molecule has 0 fully saturated rings. The Morgan fingerprint density at radius 3 is 2.67 bits per heavy atom. The Morgan fingerprint density at radius 1 is 1.56 bits per heavy atom. The minimum Gasteiger partial charge on any atom is -0.340 e. The largest absolute Gasteiger partial charge is 0.340 e. The number of benzene rings is 1. The van der Waals surface area contributed by atoms with Gasteiger partial charge in [0.1, 0.15) is 0 Å². The fourth-order valence-corrected chi connectivity index (χ4v) is 2.11. The zero-order valence-electron chi connectivity index (χ0n) is 9.58. The number of alkyl halides is 3. The minimum absolute atomic E-state index is 0.145. The molecule has 0 aromatic heterocycles. The topological polar surface area (TPSA) is 70.4 Å². The quantitative estimate of drug-likeness (QED) is 0.451. The lowest BCUT2D eigenvalue weighted by molar-refractivity contribution is 0.150. The second-order valence-electron chi connectivity index (χ2n) is 3.30. The normalized spacial score (nSPS) is 10.6. The van der Waals surface area contributed by atoms with Gasteiger partial charge in [0.25, 0.3) is 6.43 Å². The van der Waals surface area contributed by atoms with Crippen molar-refractivity contribution in [2.24, 2.45) is 5.84 Å². The van der Waals surface area contributed by atoms with Crippen LogP contribution in [0, 0.1) is 0 Å². The Morgan fingerprint density at radius 2 is 2.22 bits per heavy atom. The van der Waals surface area contributed by atoms with Crippen molar-refractivity contribution in [3.05, 3.63) is 29.3 Å². The van der Waals surface area contributed by atoms with Crippen molar-refractivity contribution in [2.75, 3.05) is 12.1 Å². The molecule has 0 spiro atoms. The van der Waals surface area contributed by atoms with Crippen LogP contribution in [0.4, 0.5) is 19.3 Å². The number of carbonyl (C=O) groups excluding carboxylic acids is 1. The summed E-state index contributed by atoms with van der Waals surface area (Å²) in [5, 5.41) is 3.50. The first kappa shape index (κ1) is 14.8. The highest BCUT2D eigenvalue weighted by atomic mass is 79.9. The van der Waals surface area contributed by atoms with Crippen molar-refractivity contribution in [1.82, 2.24) is 10.9 Å². The minimum atomic E-state index is -2.62. The Labute approximate surface area is 111 Å². The molecule has 100 valence electrons. The van der Waals surface area contributed by atoms with Crippen molar-refractivity contribution in [1.29, 1.82) is 0 Å². The van der Waals surface area contributed by atoms with E-state index in [1.165, 1.54) is 25.2 Å². The molecule has 0 saturated carbocycles. The summed E-state index contributed by atoms with van der Waals surface area (Å²) in [5.41, 5.74) is 2.59. The Kier molecular flexibility index (Phi) is 5.45. The van der Waals surface area contributed by atoms with Gasteiger partial charge in [0, 0.05) is 17.9 Å². The summed E-state index contributed by atoms with van der Waals surface area (Å²) in [5.74, 6) is 5.24. The number of nitrogens with zero attached hydrogens (tertiary/aromatic N) is 1. The maximum Gasteiger partial charge on any atom is 0.337 e. The summed E-state index contributed by atoms with van der Waals surface area (Å²) in [6.07, 6.45) is -2.62. The highest BCUT2D eigenvalue weighted by molar-refractivity contribution is 9.08. The molecule has 2 amide bonds. The summed E-state index contributed by atoms with van der Waals surface area (Å²) in [7, 11) is 1.41. The van der Waals surface area contributed by atoms with E-state index < -0.39 is 12.5 Å². The van der Waals surface area contributed by atoms with Gasteiger partial charge >= 0.3 is 6.03 Å². The van der Waals surface area contributed by atoms with Crippen molar-refractivity contribution in [2.45, 2.75) is 11.8 Å². The molecule has 0 atom stereocenters. The summed E-state index contributed by atoms with van der Waals surface area (Å²) in [4.78, 5) is 11.6. The Bertz CT molecular complexity index is 430. The van der Waals surface area contributed by atoms with Gasteiger partial charge in [-0.15, -0.1) is 0 Å². The Hall–Kier alpha value is -1.25. The van der Waals surface area contributed by atoms with Crippen molar-refractivity contribution in [3.63, 3.8) is 0 Å². The lowest BCUT2D eigenvalue weighted by Gasteiger charge is -2.23. The second-order valence-corrected chi connectivity index (χ2v) is 3.86. The fourth-order valence-electron chi connectivity index (χ4n) is 1.50. The molecule has 0 bridgehead atoms. The summed E-state index contributed by atoms with van der Waals surface area (Å²) in [6.45, 7) is 0. The second kappa shape index (κ2) is 6.62. The van der Waals surface area contributed by atoms with Crippen LogP contribution in [0.15, 0.2) is 18.2 Å². The number of hydrogen-bond acceptors (Lipinski definition) is 3. The molecular formula is C10H13BrF2N4O. The summed E-state index contributed by atoms with van der Waals surface area (Å²) in [6, 6.07) is 3.73. The average molecular weight is 323 g/mol. The van der Waals surface area contributed by atoms with Crippen molar-refractivity contribution >= 4 is 27.6 Å². The van der Waals surface area contributed by atoms with Crippen molar-refractivity contribution in [3.8, 4) is 0 Å². The third-order valence-electron chi connectivity index (χ3n) is 2.34. The van der Waals surface area contributed by atoms with E-state index in [0.29, 0.717) is 5.56 Å². The zero-order valence-corrected chi connectivity index (χ0v) is 11.2. The molecule has 0 aliphatic heterocycles. The summed E-state index contributed by atoms with van der Waals surface area (Å²) < 4.78 is 25.7. The van der Waals surface area contributed by atoms with Gasteiger partial charge in [0.15, 0.2) is 0 Å². The molecule has 0 aliphatic rings. The number of nitrogens with one attached hydrogen (secondary N) is 2. The molecule has 1 aromatic rings. The fraction of sp³-hybridized carbons (Fsp3) is 0.300. The number of carbonyl (C=O) groups is 1. The lowest BCUT2D eigenvalue weighted by atomic mass is 10.1. The van der Waals surface area contributed by atoms with E-state index in [-0.39, 0.29) is 16.6 Å². The van der Waals surface area contributed by atoms with Crippen LogP contribution in [-0.2, 0) is 5.33 Å². The van der Waals surface area contributed by atoms with Gasteiger partial charge < -0.3 is 5.32 Å². The molecule has 0 radical (unpaired) electrons. The van der Waals surface area contributed by atoms with Gasteiger partial charge in [-0.05, 0) is 11.6 Å². The third kappa shape index (κ3) is 2.95. The number of urea groups is 1. The van der Waals surface area contributed by atoms with Crippen LogP contribution in [0.25, 0.3) is 0 Å². The highest BCUT2D eigenvalue weighted by Crippen LogP contribution is 2.31. The van der Waals surface area contributed by atoms with E-state index in [9.17, 15) is 13.6 Å². The molecule has 18 heavy (non-hydrogen) atoms. The van der Waals surface area contributed by atoms with Crippen LogP contribution in [0.3, 0.4) is 0 Å². The van der Waals surface area contributed by atoms with Gasteiger partial charge in [-0.1, -0.05) is 28.1 Å². The molecule has 5 nitrogen and oxygen atoms in total. The predicted molar refractivity (Wildman–Crippen MR) is 68.3 cm³/mol. The lowest BCUT2D eigenvalue weighted by Crippen LogP contribution is -2.51. The SMILES string of the molecule is CNC(=O)N(NN)c1cccc(C(F)F)c1CBr. The number of nitrogens with two attached hydrogens (primary N) is 1. The van der Waals surface area contributed by atoms with E-state index >= 15 is 0 Å². The number of rotatable bonds is 4. The van der Waals surface area contributed by atoms with Crippen molar-refractivity contribution < 1.29 is 13.6 Å².